The van der Waals surface area contributed by atoms with E-state index in [1.165, 1.54) is 26.5 Å². The van der Waals surface area contributed by atoms with E-state index in [2.05, 4.69) is 0 Å². The molecule has 15 nitrogen and oxygen atoms in total. The Morgan fingerprint density at radius 3 is 2.35 bits per heavy atom. The molecule has 0 unspecified atom stereocenters. The van der Waals surface area contributed by atoms with Gasteiger partial charge in [-0.15, -0.1) is 0 Å². The topological polar surface area (TPSA) is 227 Å². The first-order valence-corrected chi connectivity index (χ1v) is 13.1. The fraction of sp³-hybridized carbons (Fsp3) is 0.464. The van der Waals surface area contributed by atoms with Crippen LogP contribution in [-0.2, 0) is 14.2 Å². The molecule has 0 bridgehead atoms. The third kappa shape index (κ3) is 5.62. The van der Waals surface area contributed by atoms with Crippen LogP contribution in [0.2, 0.25) is 0 Å². The lowest BCUT2D eigenvalue weighted by Gasteiger charge is -2.40. The second-order valence-electron chi connectivity index (χ2n) is 10.2. The van der Waals surface area contributed by atoms with Gasteiger partial charge >= 0.3 is 0 Å². The number of phenolic OH excluding ortho intramolecular Hbond substituents is 1. The Kier molecular flexibility index (Phi) is 8.80. The number of benzene rings is 2. The summed E-state index contributed by atoms with van der Waals surface area (Å²) in [6.07, 6.45) is -10.1. The van der Waals surface area contributed by atoms with Gasteiger partial charge in [0.15, 0.2) is 17.8 Å². The first-order valence-electron chi connectivity index (χ1n) is 13.1. The normalized spacial score (nSPS) is 30.8. The van der Waals surface area contributed by atoms with E-state index in [0.29, 0.717) is 11.3 Å². The molecule has 3 heterocycles. The molecule has 0 aliphatic carbocycles. The number of hydrogen-bond acceptors (Lipinski definition) is 15. The molecule has 7 N–H and O–H groups in total. The van der Waals surface area contributed by atoms with Crippen molar-refractivity contribution in [3.05, 3.63) is 46.8 Å². The number of fused-ring (bicyclic) bond motifs is 1. The molecule has 8 atom stereocenters. The zero-order valence-corrected chi connectivity index (χ0v) is 23.0. The van der Waals surface area contributed by atoms with Gasteiger partial charge in [-0.2, -0.15) is 0 Å². The van der Waals surface area contributed by atoms with Crippen molar-refractivity contribution in [3.8, 4) is 34.1 Å². The summed E-state index contributed by atoms with van der Waals surface area (Å²) in [5, 5.41) is 71.9. The van der Waals surface area contributed by atoms with Crippen molar-refractivity contribution >= 4 is 11.0 Å². The Labute approximate surface area is 243 Å². The van der Waals surface area contributed by atoms with Gasteiger partial charge in [0, 0.05) is 6.07 Å². The summed E-state index contributed by atoms with van der Waals surface area (Å²) in [7, 11) is 2.71. The Bertz CT molecular complexity index is 1490. The van der Waals surface area contributed by atoms with Crippen LogP contribution in [0.3, 0.4) is 0 Å². The fourth-order valence-corrected chi connectivity index (χ4v) is 4.88. The number of aliphatic hydroxyl groups excluding tert-OH is 5. The van der Waals surface area contributed by atoms with E-state index in [-0.39, 0.29) is 28.0 Å². The van der Waals surface area contributed by atoms with Crippen LogP contribution in [0.4, 0.5) is 0 Å². The summed E-state index contributed by atoms with van der Waals surface area (Å²) in [5.74, 6) is -0.574. The number of ether oxygens (including phenoxy) is 6. The minimum absolute atomic E-state index is 0.0925. The summed E-state index contributed by atoms with van der Waals surface area (Å²) < 4.78 is 38.0. The van der Waals surface area contributed by atoms with Gasteiger partial charge < -0.3 is 68.6 Å². The van der Waals surface area contributed by atoms with E-state index >= 15 is 0 Å². The molecule has 2 fully saturated rings. The van der Waals surface area contributed by atoms with Crippen molar-refractivity contribution in [1.29, 1.82) is 0 Å². The molecule has 0 amide bonds. The second kappa shape index (κ2) is 12.2. The first kappa shape index (κ1) is 30.9. The predicted octanol–water partition coefficient (Wildman–Crippen LogP) is -1.17. The van der Waals surface area contributed by atoms with Crippen LogP contribution in [0.25, 0.3) is 22.1 Å². The summed E-state index contributed by atoms with van der Waals surface area (Å²) >= 11 is 0. The second-order valence-corrected chi connectivity index (χ2v) is 10.2. The SMILES string of the molecule is COc1ccc(-c2coc3cc(O[C@@H]4O[C@H](CO[C@@H]5OC[C@](O)(CO)[C@H]5O)[C@@H](O)[C@H](O)[C@H]4O)c(OC)c(O)c3c2=O)cc1. The van der Waals surface area contributed by atoms with Gasteiger partial charge in [-0.1, -0.05) is 12.1 Å². The van der Waals surface area contributed by atoms with Gasteiger partial charge in [0.2, 0.25) is 17.5 Å². The molecular formula is C28H32O15. The number of methoxy groups -OCH3 is 2. The molecule has 2 aliphatic rings. The summed E-state index contributed by atoms with van der Waals surface area (Å²) in [6.45, 7) is -1.71. The Hall–Kier alpha value is -3.51. The molecular weight excluding hydrogens is 576 g/mol. The highest BCUT2D eigenvalue weighted by molar-refractivity contribution is 5.91. The number of hydrogen-bond donors (Lipinski definition) is 7. The van der Waals surface area contributed by atoms with Crippen LogP contribution in [0.5, 0.6) is 23.0 Å². The third-order valence-electron chi connectivity index (χ3n) is 7.48. The molecule has 1 aromatic heterocycles. The van der Waals surface area contributed by atoms with Gasteiger partial charge in [0.05, 0.1) is 39.6 Å². The number of rotatable bonds is 9. The monoisotopic (exact) mass is 608 g/mol. The zero-order chi connectivity index (χ0) is 31.1. The van der Waals surface area contributed by atoms with Crippen molar-refractivity contribution in [2.24, 2.45) is 0 Å². The van der Waals surface area contributed by atoms with Crippen molar-refractivity contribution in [2.75, 3.05) is 34.0 Å². The zero-order valence-electron chi connectivity index (χ0n) is 23.0. The van der Waals surface area contributed by atoms with Gasteiger partial charge in [0.25, 0.3) is 0 Å². The maximum absolute atomic E-state index is 13.4. The molecule has 2 aliphatic heterocycles. The van der Waals surface area contributed by atoms with Crippen molar-refractivity contribution in [3.63, 3.8) is 0 Å². The Balaban J connectivity index is 1.39. The molecule has 0 spiro atoms. The Morgan fingerprint density at radius 2 is 1.72 bits per heavy atom. The minimum Gasteiger partial charge on any atom is -0.504 e. The summed E-state index contributed by atoms with van der Waals surface area (Å²) in [6, 6.07) is 7.85. The highest BCUT2D eigenvalue weighted by Gasteiger charge is 2.50. The number of aliphatic hydroxyl groups is 6. The quantitative estimate of drug-likeness (QED) is 0.152. The van der Waals surface area contributed by atoms with Crippen LogP contribution < -0.4 is 19.6 Å². The summed E-state index contributed by atoms with van der Waals surface area (Å²) in [4.78, 5) is 13.4. The average molecular weight is 609 g/mol. The molecule has 2 aromatic carbocycles. The van der Waals surface area contributed by atoms with Crippen LogP contribution in [-0.4, -0.2) is 118 Å². The maximum Gasteiger partial charge on any atom is 0.229 e. The van der Waals surface area contributed by atoms with Crippen molar-refractivity contribution < 1.29 is 68.6 Å². The van der Waals surface area contributed by atoms with E-state index in [1.807, 2.05) is 0 Å². The molecule has 3 aromatic rings. The highest BCUT2D eigenvalue weighted by Crippen LogP contribution is 2.43. The lowest BCUT2D eigenvalue weighted by molar-refractivity contribution is -0.289. The van der Waals surface area contributed by atoms with E-state index in [1.54, 1.807) is 24.3 Å². The van der Waals surface area contributed by atoms with Crippen LogP contribution in [0, 0.1) is 0 Å². The highest BCUT2D eigenvalue weighted by atomic mass is 16.7. The van der Waals surface area contributed by atoms with E-state index in [4.69, 9.17) is 32.8 Å². The first-order chi connectivity index (χ1) is 20.5. The summed E-state index contributed by atoms with van der Waals surface area (Å²) in [5.41, 5.74) is -1.95. The van der Waals surface area contributed by atoms with Gasteiger partial charge in [-0.25, -0.2) is 0 Å². The van der Waals surface area contributed by atoms with Crippen molar-refractivity contribution in [1.82, 2.24) is 0 Å². The minimum atomic E-state index is -1.95. The largest absolute Gasteiger partial charge is 0.504 e. The Morgan fingerprint density at radius 1 is 1.00 bits per heavy atom. The maximum atomic E-state index is 13.4. The van der Waals surface area contributed by atoms with Crippen LogP contribution >= 0.6 is 0 Å². The van der Waals surface area contributed by atoms with E-state index < -0.39 is 79.7 Å². The van der Waals surface area contributed by atoms with Crippen LogP contribution in [0.15, 0.2) is 45.8 Å². The lowest BCUT2D eigenvalue weighted by Crippen LogP contribution is -2.60. The van der Waals surface area contributed by atoms with Crippen molar-refractivity contribution in [2.45, 2.75) is 48.7 Å². The molecule has 234 valence electrons. The molecule has 0 saturated carbocycles. The predicted molar refractivity (Wildman–Crippen MR) is 144 cm³/mol. The standard InChI is InChI=1S/C28H32O15/c1-37-13-5-3-12(4-6-13)14-8-39-15-7-16(24(38-2)21(32)18(15)19(14)30)42-26-23(34)22(33)20(31)17(43-26)9-40-27-25(35)28(36,10-29)11-41-27/h3-8,17,20,22-23,25-27,29,31-36H,9-11H2,1-2H3/t17-,20-,22+,23-,25+,26-,27-,28-/m1/s1. The smallest absolute Gasteiger partial charge is 0.229 e. The van der Waals surface area contributed by atoms with E-state index in [9.17, 15) is 40.5 Å². The van der Waals surface area contributed by atoms with Gasteiger partial charge in [-0.05, 0) is 17.7 Å². The number of phenols is 1. The van der Waals surface area contributed by atoms with Crippen LogP contribution in [0.1, 0.15) is 0 Å². The lowest BCUT2D eigenvalue weighted by atomic mass is 9.99. The molecule has 15 heteroatoms. The third-order valence-corrected chi connectivity index (χ3v) is 7.48. The molecule has 0 radical (unpaired) electrons. The van der Waals surface area contributed by atoms with Gasteiger partial charge in [0.1, 0.15) is 59.1 Å². The van der Waals surface area contributed by atoms with E-state index in [0.717, 1.165) is 0 Å². The molecule has 43 heavy (non-hydrogen) atoms. The number of aromatic hydroxyl groups is 1. The fourth-order valence-electron chi connectivity index (χ4n) is 4.88. The average Bonchev–Trinajstić information content (AvgIpc) is 3.30. The molecule has 5 rings (SSSR count). The molecule has 2 saturated heterocycles. The van der Waals surface area contributed by atoms with Gasteiger partial charge in [-0.3, -0.25) is 4.79 Å².